The third-order valence-electron chi connectivity index (χ3n) is 2.77. The fraction of sp³-hybridized carbons (Fsp3) is 0.286. The first-order chi connectivity index (χ1) is 9.36. The van der Waals surface area contributed by atoms with Gasteiger partial charge < -0.3 is 9.73 Å². The third kappa shape index (κ3) is 3.53. The molecule has 0 aliphatic rings. The molecule has 0 radical (unpaired) electrons. The molecule has 1 heterocycles. The minimum absolute atomic E-state index is 0.146. The summed E-state index contributed by atoms with van der Waals surface area (Å²) in [6.07, 6.45) is -2.65. The van der Waals surface area contributed by atoms with Crippen molar-refractivity contribution in [3.63, 3.8) is 0 Å². The molecule has 0 aliphatic carbocycles. The van der Waals surface area contributed by atoms with Crippen molar-refractivity contribution in [1.29, 1.82) is 0 Å². The largest absolute Gasteiger partial charge is 0.469 e. The highest BCUT2D eigenvalue weighted by atomic mass is 19.4. The Morgan fingerprint density at radius 3 is 2.60 bits per heavy atom. The quantitative estimate of drug-likeness (QED) is 0.839. The van der Waals surface area contributed by atoms with Gasteiger partial charge in [0.1, 0.15) is 11.6 Å². The Kier molecular flexibility index (Phi) is 4.01. The first-order valence-corrected chi connectivity index (χ1v) is 6.02. The lowest BCUT2D eigenvalue weighted by atomic mass is 10.1. The number of hydrogen-bond donors (Lipinski definition) is 1. The van der Waals surface area contributed by atoms with Crippen LogP contribution in [0, 0.1) is 5.82 Å². The van der Waals surface area contributed by atoms with Crippen molar-refractivity contribution in [2.75, 3.05) is 5.32 Å². The van der Waals surface area contributed by atoms with E-state index in [1.807, 2.05) is 0 Å². The van der Waals surface area contributed by atoms with Gasteiger partial charge >= 0.3 is 6.18 Å². The molecule has 0 fully saturated rings. The Hall–Kier alpha value is -1.98. The fourth-order valence-corrected chi connectivity index (χ4v) is 1.90. The van der Waals surface area contributed by atoms with Crippen LogP contribution in [0.4, 0.5) is 23.2 Å². The van der Waals surface area contributed by atoms with E-state index in [2.05, 4.69) is 5.32 Å². The minimum Gasteiger partial charge on any atom is -0.469 e. The molecular formula is C14H13F4NO. The average molecular weight is 287 g/mol. The second-order valence-corrected chi connectivity index (χ2v) is 4.52. The number of rotatable bonds is 4. The van der Waals surface area contributed by atoms with Gasteiger partial charge in [0.2, 0.25) is 0 Å². The zero-order valence-electron chi connectivity index (χ0n) is 10.7. The predicted molar refractivity (Wildman–Crippen MR) is 66.9 cm³/mol. The molecule has 1 atom stereocenters. The highest BCUT2D eigenvalue weighted by Gasteiger charge is 2.34. The topological polar surface area (TPSA) is 25.2 Å². The van der Waals surface area contributed by atoms with E-state index in [9.17, 15) is 17.6 Å². The maximum atomic E-state index is 13.1. The maximum absolute atomic E-state index is 13.1. The summed E-state index contributed by atoms with van der Waals surface area (Å²) in [5.41, 5.74) is -1.05. The van der Waals surface area contributed by atoms with Gasteiger partial charge in [0, 0.05) is 18.2 Å². The molecule has 1 N–H and O–H groups in total. The molecule has 0 saturated carbocycles. The van der Waals surface area contributed by atoms with Crippen LogP contribution in [-0.2, 0) is 12.6 Å². The first kappa shape index (κ1) is 14.4. The summed E-state index contributed by atoms with van der Waals surface area (Å²) < 4.78 is 56.1. The van der Waals surface area contributed by atoms with Crippen LogP contribution in [0.25, 0.3) is 0 Å². The van der Waals surface area contributed by atoms with Crippen molar-refractivity contribution >= 4 is 5.69 Å². The van der Waals surface area contributed by atoms with Crippen LogP contribution in [0.2, 0.25) is 0 Å². The monoisotopic (exact) mass is 287 g/mol. The number of nitrogens with one attached hydrogen (secondary N) is 1. The number of halogens is 4. The summed E-state index contributed by atoms with van der Waals surface area (Å²) in [5.74, 6) is -0.551. The summed E-state index contributed by atoms with van der Waals surface area (Å²) in [7, 11) is 0. The van der Waals surface area contributed by atoms with Crippen LogP contribution in [-0.4, -0.2) is 6.04 Å². The Bertz CT molecular complexity index is 563. The number of benzene rings is 1. The lowest BCUT2D eigenvalue weighted by molar-refractivity contribution is -0.139. The highest BCUT2D eigenvalue weighted by Crippen LogP contribution is 2.33. The lowest BCUT2D eigenvalue weighted by Crippen LogP contribution is -2.18. The third-order valence-corrected chi connectivity index (χ3v) is 2.77. The summed E-state index contributed by atoms with van der Waals surface area (Å²) in [6.45, 7) is 1.80. The van der Waals surface area contributed by atoms with Crippen LogP contribution in [0.15, 0.2) is 41.0 Å². The number of furan rings is 1. The van der Waals surface area contributed by atoms with Gasteiger partial charge in [-0.1, -0.05) is 0 Å². The van der Waals surface area contributed by atoms with E-state index in [1.165, 1.54) is 12.3 Å². The molecule has 0 bridgehead atoms. The summed E-state index contributed by atoms with van der Waals surface area (Å²) in [5, 5.41) is 2.89. The van der Waals surface area contributed by atoms with Gasteiger partial charge in [-0.15, -0.1) is 0 Å². The lowest BCUT2D eigenvalue weighted by Gasteiger charge is -2.16. The van der Waals surface area contributed by atoms with Crippen LogP contribution in [0.5, 0.6) is 0 Å². The van der Waals surface area contributed by atoms with Gasteiger partial charge in [-0.3, -0.25) is 0 Å². The predicted octanol–water partition coefficient (Wildman–Crippen LogP) is 4.48. The summed E-state index contributed by atoms with van der Waals surface area (Å²) in [6, 6.07) is 6.24. The molecule has 1 unspecified atom stereocenters. The molecule has 0 aliphatic heterocycles. The molecule has 0 spiro atoms. The van der Waals surface area contributed by atoms with Gasteiger partial charge in [-0.25, -0.2) is 4.39 Å². The van der Waals surface area contributed by atoms with Crippen molar-refractivity contribution in [3.05, 3.63) is 53.7 Å². The van der Waals surface area contributed by atoms with Crippen LogP contribution < -0.4 is 5.32 Å². The van der Waals surface area contributed by atoms with E-state index in [4.69, 9.17) is 4.42 Å². The average Bonchev–Trinajstić information content (AvgIpc) is 2.83. The molecule has 1 aromatic heterocycles. The van der Waals surface area contributed by atoms with Gasteiger partial charge in [-0.2, -0.15) is 13.2 Å². The zero-order chi connectivity index (χ0) is 14.8. The van der Waals surface area contributed by atoms with Crippen molar-refractivity contribution in [3.8, 4) is 0 Å². The zero-order valence-corrected chi connectivity index (χ0v) is 10.7. The second kappa shape index (κ2) is 5.56. The Balaban J connectivity index is 2.10. The Labute approximate surface area is 113 Å². The van der Waals surface area contributed by atoms with Crippen molar-refractivity contribution in [2.45, 2.75) is 25.6 Å². The maximum Gasteiger partial charge on any atom is 0.419 e. The Morgan fingerprint density at radius 1 is 1.25 bits per heavy atom. The second-order valence-electron chi connectivity index (χ2n) is 4.52. The molecule has 0 saturated heterocycles. The molecule has 2 nitrogen and oxygen atoms in total. The van der Waals surface area contributed by atoms with E-state index < -0.39 is 17.6 Å². The van der Waals surface area contributed by atoms with Crippen LogP contribution in [0.3, 0.4) is 0 Å². The van der Waals surface area contributed by atoms with E-state index in [0.29, 0.717) is 6.42 Å². The molecule has 1 aromatic carbocycles. The molecule has 6 heteroatoms. The van der Waals surface area contributed by atoms with Crippen molar-refractivity contribution in [2.24, 2.45) is 0 Å². The first-order valence-electron chi connectivity index (χ1n) is 6.02. The van der Waals surface area contributed by atoms with Crippen molar-refractivity contribution in [1.82, 2.24) is 0 Å². The highest BCUT2D eigenvalue weighted by molar-refractivity contribution is 5.47. The molecule has 2 rings (SSSR count). The smallest absolute Gasteiger partial charge is 0.419 e. The summed E-state index contributed by atoms with van der Waals surface area (Å²) in [4.78, 5) is 0. The fourth-order valence-electron chi connectivity index (χ4n) is 1.90. The van der Waals surface area contributed by atoms with E-state index in [-0.39, 0.29) is 11.7 Å². The van der Waals surface area contributed by atoms with Crippen LogP contribution in [0.1, 0.15) is 18.2 Å². The number of hydrogen-bond acceptors (Lipinski definition) is 2. The molecule has 20 heavy (non-hydrogen) atoms. The minimum atomic E-state index is -4.70. The molecule has 108 valence electrons. The van der Waals surface area contributed by atoms with E-state index in [1.54, 1.807) is 19.1 Å². The van der Waals surface area contributed by atoms with Gasteiger partial charge in [-0.05, 0) is 37.3 Å². The number of alkyl halides is 3. The molecule has 2 aromatic rings. The van der Waals surface area contributed by atoms with E-state index in [0.717, 1.165) is 17.9 Å². The number of anilines is 1. The normalized spacial score (nSPS) is 13.2. The van der Waals surface area contributed by atoms with Gasteiger partial charge in [0.25, 0.3) is 0 Å². The van der Waals surface area contributed by atoms with Gasteiger partial charge in [0.05, 0.1) is 11.8 Å². The molecule has 0 amide bonds. The summed E-state index contributed by atoms with van der Waals surface area (Å²) >= 11 is 0. The SMILES string of the molecule is CC(Cc1ccco1)Nc1ccc(F)c(C(F)(F)F)c1. The molecular weight excluding hydrogens is 274 g/mol. The standard InChI is InChI=1S/C14H13F4NO/c1-9(7-11-3-2-6-20-11)19-10-4-5-13(15)12(8-10)14(16,17)18/h2-6,8-9,19H,7H2,1H3. The van der Waals surface area contributed by atoms with E-state index >= 15 is 0 Å². The van der Waals surface area contributed by atoms with Crippen molar-refractivity contribution < 1.29 is 22.0 Å². The van der Waals surface area contributed by atoms with Crippen LogP contribution >= 0.6 is 0 Å². The Morgan fingerprint density at radius 2 is 2.00 bits per heavy atom. The van der Waals surface area contributed by atoms with Gasteiger partial charge in [0.15, 0.2) is 0 Å².